The molecule has 0 atom stereocenters. The lowest BCUT2D eigenvalue weighted by molar-refractivity contribution is -0.141. The first kappa shape index (κ1) is 17.6. The molecule has 3 fully saturated rings. The zero-order valence-corrected chi connectivity index (χ0v) is 14.9. The highest BCUT2D eigenvalue weighted by atomic mass is 32.2. The monoisotopic (exact) mass is 372 g/mol. The normalized spacial score (nSPS) is 36.6. The van der Waals surface area contributed by atoms with E-state index in [4.69, 9.17) is 0 Å². The Hall–Kier alpha value is -0.790. The second-order valence-corrected chi connectivity index (χ2v) is 9.39. The van der Waals surface area contributed by atoms with Gasteiger partial charge in [0.05, 0.1) is 5.41 Å². The summed E-state index contributed by atoms with van der Waals surface area (Å²) in [7, 11) is 0. The molecule has 1 aliphatic carbocycles. The lowest BCUT2D eigenvalue weighted by Gasteiger charge is -2.40. The highest BCUT2D eigenvalue weighted by Gasteiger charge is 2.53. The van der Waals surface area contributed by atoms with Gasteiger partial charge in [-0.05, 0) is 56.2 Å². The van der Waals surface area contributed by atoms with Crippen molar-refractivity contribution in [1.29, 1.82) is 0 Å². The second kappa shape index (κ2) is 6.43. The van der Waals surface area contributed by atoms with E-state index in [9.17, 15) is 17.7 Å². The molecule has 2 aliphatic heterocycles. The van der Waals surface area contributed by atoms with E-state index in [2.05, 4.69) is 9.88 Å². The SMILES string of the molecule is [O-][S+]1CC2(CCN([C@H]3CC[C@@H](c4ccc(C(F)(F)F)nc4)CC3)C2)C1. The lowest BCUT2D eigenvalue weighted by atomic mass is 9.81. The molecule has 0 bridgehead atoms. The quantitative estimate of drug-likeness (QED) is 0.745. The number of aromatic nitrogens is 1. The number of alkyl halides is 3. The Morgan fingerprint density at radius 2 is 1.88 bits per heavy atom. The van der Waals surface area contributed by atoms with Crippen molar-refractivity contribution in [2.24, 2.45) is 5.41 Å². The van der Waals surface area contributed by atoms with Crippen LogP contribution in [0, 0.1) is 5.41 Å². The molecule has 1 spiro atoms. The Morgan fingerprint density at radius 3 is 2.44 bits per heavy atom. The first-order chi connectivity index (χ1) is 11.8. The molecule has 1 saturated carbocycles. The predicted molar refractivity (Wildman–Crippen MR) is 90.7 cm³/mol. The van der Waals surface area contributed by atoms with Crippen LogP contribution >= 0.6 is 0 Å². The van der Waals surface area contributed by atoms with Gasteiger partial charge in [-0.25, -0.2) is 0 Å². The number of pyridine rings is 1. The van der Waals surface area contributed by atoms with Gasteiger partial charge in [0.25, 0.3) is 0 Å². The first-order valence-electron chi connectivity index (χ1n) is 8.97. The second-order valence-electron chi connectivity index (χ2n) is 7.93. The van der Waals surface area contributed by atoms with Crippen molar-refractivity contribution < 1.29 is 17.7 Å². The first-order valence-corrected chi connectivity index (χ1v) is 10.5. The third kappa shape index (κ3) is 3.55. The molecule has 7 heteroatoms. The molecule has 3 heterocycles. The van der Waals surface area contributed by atoms with Crippen LogP contribution in [0.4, 0.5) is 13.2 Å². The smallest absolute Gasteiger partial charge is 0.433 e. The number of rotatable bonds is 2. The van der Waals surface area contributed by atoms with E-state index < -0.39 is 23.0 Å². The van der Waals surface area contributed by atoms with Crippen LogP contribution in [0.2, 0.25) is 0 Å². The predicted octanol–water partition coefficient (Wildman–Crippen LogP) is 3.58. The zero-order valence-electron chi connectivity index (χ0n) is 14.1. The van der Waals surface area contributed by atoms with Crippen LogP contribution in [0.3, 0.4) is 0 Å². The van der Waals surface area contributed by atoms with Crippen molar-refractivity contribution in [3.05, 3.63) is 29.6 Å². The third-order valence-corrected chi connectivity index (χ3v) is 8.03. The Morgan fingerprint density at radius 1 is 1.16 bits per heavy atom. The van der Waals surface area contributed by atoms with Crippen LogP contribution in [0.15, 0.2) is 18.3 Å². The van der Waals surface area contributed by atoms with Gasteiger partial charge < -0.3 is 4.55 Å². The molecule has 1 aromatic rings. The Kier molecular flexibility index (Phi) is 4.53. The van der Waals surface area contributed by atoms with Gasteiger partial charge >= 0.3 is 6.18 Å². The standard InChI is InChI=1S/C18H23F3N2OS/c19-18(20,21)16-6-3-14(9-22-16)13-1-4-15(5-2-13)23-8-7-17(10-23)11-25(24)12-17/h3,6,9,13,15H,1-2,4-5,7-8,10-12H2/t13-,15+,17?,25?. The fraction of sp³-hybridized carbons (Fsp3) is 0.722. The number of nitrogens with zero attached hydrogens (tertiary/aromatic N) is 2. The van der Waals surface area contributed by atoms with Gasteiger partial charge in [-0.1, -0.05) is 17.2 Å². The molecule has 3 nitrogen and oxygen atoms in total. The van der Waals surface area contributed by atoms with Crippen LogP contribution in [0.5, 0.6) is 0 Å². The number of hydrogen-bond donors (Lipinski definition) is 0. The van der Waals surface area contributed by atoms with E-state index >= 15 is 0 Å². The summed E-state index contributed by atoms with van der Waals surface area (Å²) in [5.74, 6) is 2.06. The molecule has 0 N–H and O–H groups in total. The van der Waals surface area contributed by atoms with Crippen LogP contribution < -0.4 is 0 Å². The van der Waals surface area contributed by atoms with E-state index in [0.29, 0.717) is 17.4 Å². The molecule has 0 radical (unpaired) electrons. The summed E-state index contributed by atoms with van der Waals surface area (Å²) in [5, 5.41) is 0. The van der Waals surface area contributed by atoms with Gasteiger partial charge in [0.15, 0.2) is 0 Å². The minimum atomic E-state index is -4.37. The molecular weight excluding hydrogens is 349 g/mol. The van der Waals surface area contributed by atoms with Crippen molar-refractivity contribution in [3.63, 3.8) is 0 Å². The number of halogens is 3. The van der Waals surface area contributed by atoms with Gasteiger partial charge in [-0.15, -0.1) is 0 Å². The highest BCUT2D eigenvalue weighted by Crippen LogP contribution is 2.44. The molecular formula is C18H23F3N2OS. The molecule has 2 saturated heterocycles. The van der Waals surface area contributed by atoms with Gasteiger partial charge in [0, 0.05) is 18.8 Å². The Balaban J connectivity index is 1.31. The average molecular weight is 372 g/mol. The zero-order chi connectivity index (χ0) is 17.7. The summed E-state index contributed by atoms with van der Waals surface area (Å²) in [4.78, 5) is 6.17. The van der Waals surface area contributed by atoms with Gasteiger partial charge in [-0.3, -0.25) is 9.88 Å². The minimum absolute atomic E-state index is 0.318. The van der Waals surface area contributed by atoms with Crippen molar-refractivity contribution in [1.82, 2.24) is 9.88 Å². The maximum atomic E-state index is 12.6. The molecule has 0 unspecified atom stereocenters. The molecule has 0 amide bonds. The highest BCUT2D eigenvalue weighted by molar-refractivity contribution is 7.92. The molecule has 0 aromatic carbocycles. The summed E-state index contributed by atoms with van der Waals surface area (Å²) in [6.45, 7) is 2.18. The molecule has 3 aliphatic rings. The topological polar surface area (TPSA) is 39.2 Å². The summed E-state index contributed by atoms with van der Waals surface area (Å²) >= 11 is -0.594. The van der Waals surface area contributed by atoms with Crippen LogP contribution in [-0.4, -0.2) is 45.1 Å². The number of hydrogen-bond acceptors (Lipinski definition) is 3. The van der Waals surface area contributed by atoms with E-state index in [0.717, 1.165) is 61.9 Å². The van der Waals surface area contributed by atoms with Crippen LogP contribution in [0.25, 0.3) is 0 Å². The summed E-state index contributed by atoms with van der Waals surface area (Å²) < 4.78 is 49.3. The van der Waals surface area contributed by atoms with Crippen LogP contribution in [-0.2, 0) is 17.4 Å². The molecule has 1 aromatic heterocycles. The van der Waals surface area contributed by atoms with E-state index in [1.807, 2.05) is 0 Å². The molecule has 4 rings (SSSR count). The van der Waals surface area contributed by atoms with Gasteiger partial charge in [0.2, 0.25) is 0 Å². The molecule has 25 heavy (non-hydrogen) atoms. The average Bonchev–Trinajstić information content (AvgIpc) is 2.99. The number of likely N-dealkylation sites (tertiary alicyclic amines) is 1. The van der Waals surface area contributed by atoms with Crippen LogP contribution in [0.1, 0.15) is 49.3 Å². The maximum absolute atomic E-state index is 12.6. The summed E-state index contributed by atoms with van der Waals surface area (Å²) in [5.41, 5.74) is 0.433. The lowest BCUT2D eigenvalue weighted by Crippen LogP contribution is -2.51. The Bertz CT molecular complexity index is 608. The maximum Gasteiger partial charge on any atom is 0.433 e. The summed E-state index contributed by atoms with van der Waals surface area (Å²) in [6, 6.07) is 3.27. The minimum Gasteiger partial charge on any atom is -0.616 e. The van der Waals surface area contributed by atoms with Gasteiger partial charge in [-0.2, -0.15) is 13.2 Å². The Labute approximate surface area is 149 Å². The molecule has 138 valence electrons. The van der Waals surface area contributed by atoms with E-state index in [-0.39, 0.29) is 0 Å². The van der Waals surface area contributed by atoms with Crippen molar-refractivity contribution in [3.8, 4) is 0 Å². The van der Waals surface area contributed by atoms with E-state index in [1.165, 1.54) is 12.6 Å². The van der Waals surface area contributed by atoms with Gasteiger partial charge in [0.1, 0.15) is 17.2 Å². The van der Waals surface area contributed by atoms with Crippen molar-refractivity contribution in [2.45, 2.75) is 50.2 Å². The van der Waals surface area contributed by atoms with Crippen molar-refractivity contribution in [2.75, 3.05) is 24.6 Å². The van der Waals surface area contributed by atoms with E-state index in [1.54, 1.807) is 6.07 Å². The third-order valence-electron chi connectivity index (χ3n) is 6.16. The fourth-order valence-corrected chi connectivity index (χ4v) is 6.50. The van der Waals surface area contributed by atoms with Crippen molar-refractivity contribution >= 4 is 11.2 Å². The fourth-order valence-electron chi connectivity index (χ4n) is 4.75. The largest absolute Gasteiger partial charge is 0.616 e. The summed E-state index contributed by atoms with van der Waals surface area (Å²) in [6.07, 6.45) is 2.40.